The molecule has 11 nitrogen and oxygen atoms in total. The number of methoxy groups -OCH3 is 3. The summed E-state index contributed by atoms with van der Waals surface area (Å²) in [6, 6.07) is 11.9. The first-order chi connectivity index (χ1) is 22.9. The molecule has 0 radical (unpaired) electrons. The molecule has 2 atom stereocenters. The van der Waals surface area contributed by atoms with E-state index in [0.29, 0.717) is 6.61 Å². The zero-order valence-electron chi connectivity index (χ0n) is 26.7. The molecule has 3 aliphatic heterocycles. The largest absolute Gasteiger partial charge is 0.507 e. The minimum Gasteiger partial charge on any atom is -0.507 e. The summed E-state index contributed by atoms with van der Waals surface area (Å²) >= 11 is 12.2. The summed E-state index contributed by atoms with van der Waals surface area (Å²) in [5.74, 6) is 0.826. The van der Waals surface area contributed by atoms with Crippen LogP contribution in [0.25, 0.3) is 0 Å². The lowest BCUT2D eigenvalue weighted by atomic mass is 9.89. The Labute approximate surface area is 285 Å². The molecule has 7 rings (SSSR count). The fraction of sp³-hybridized carbons (Fsp3) is 0.257. The highest BCUT2D eigenvalue weighted by molar-refractivity contribution is 6.39. The Morgan fingerprint density at radius 3 is 2.06 bits per heavy atom. The van der Waals surface area contributed by atoms with Crippen molar-refractivity contribution in [2.45, 2.75) is 32.8 Å². The Kier molecular flexibility index (Phi) is 8.61. The van der Waals surface area contributed by atoms with Gasteiger partial charge in [-0.3, -0.25) is 0 Å². The van der Waals surface area contributed by atoms with Crippen molar-refractivity contribution in [1.29, 1.82) is 0 Å². The average molecular weight is 698 g/mol. The van der Waals surface area contributed by atoms with Crippen LogP contribution in [0.2, 0.25) is 10.0 Å². The smallest absolute Gasteiger partial charge is 0.347 e. The first-order valence-corrected chi connectivity index (χ1v) is 15.4. The molecule has 4 aromatic carbocycles. The molecule has 0 aromatic heterocycles. The molecule has 0 bridgehead atoms. The lowest BCUT2D eigenvalue weighted by molar-refractivity contribution is 0.0595. The van der Waals surface area contributed by atoms with Gasteiger partial charge < -0.3 is 43.4 Å². The molecule has 48 heavy (non-hydrogen) atoms. The van der Waals surface area contributed by atoms with E-state index in [4.69, 9.17) is 56.4 Å². The van der Waals surface area contributed by atoms with Crippen LogP contribution in [-0.2, 0) is 4.74 Å². The van der Waals surface area contributed by atoms with E-state index < -0.39 is 23.4 Å². The van der Waals surface area contributed by atoms with Gasteiger partial charge in [0.05, 0.1) is 38.9 Å². The summed E-state index contributed by atoms with van der Waals surface area (Å²) in [4.78, 5) is 24.8. The van der Waals surface area contributed by atoms with Crippen LogP contribution in [0.3, 0.4) is 0 Å². The van der Waals surface area contributed by atoms with Crippen molar-refractivity contribution in [2.75, 3.05) is 27.9 Å². The third kappa shape index (κ3) is 5.23. The first-order valence-electron chi connectivity index (χ1n) is 14.6. The van der Waals surface area contributed by atoms with E-state index in [-0.39, 0.29) is 67.1 Å². The number of phenolic OH excluding ortho intramolecular Hbond substituents is 2. The second kappa shape index (κ2) is 12.6. The third-order valence-electron chi connectivity index (χ3n) is 8.58. The van der Waals surface area contributed by atoms with Gasteiger partial charge in [-0.25, -0.2) is 9.59 Å². The van der Waals surface area contributed by atoms with Crippen molar-refractivity contribution in [3.05, 3.63) is 85.4 Å². The number of carbonyl (C=O) groups is 2. The van der Waals surface area contributed by atoms with Gasteiger partial charge in [-0.15, -0.1) is 0 Å². The molecule has 0 saturated heterocycles. The van der Waals surface area contributed by atoms with Gasteiger partial charge in [0.25, 0.3) is 0 Å². The van der Waals surface area contributed by atoms with Crippen molar-refractivity contribution >= 4 is 35.1 Å². The van der Waals surface area contributed by atoms with Gasteiger partial charge in [-0.1, -0.05) is 29.3 Å². The van der Waals surface area contributed by atoms with Crippen LogP contribution < -0.4 is 28.4 Å². The van der Waals surface area contributed by atoms with Crippen molar-refractivity contribution in [1.82, 2.24) is 0 Å². The van der Waals surface area contributed by atoms with Crippen LogP contribution >= 0.6 is 23.2 Å². The van der Waals surface area contributed by atoms with Crippen molar-refractivity contribution < 1.29 is 53.0 Å². The van der Waals surface area contributed by atoms with E-state index in [1.54, 1.807) is 14.2 Å². The van der Waals surface area contributed by atoms with Crippen molar-refractivity contribution in [3.63, 3.8) is 0 Å². The normalized spacial score (nSPS) is 16.4. The molecule has 4 aromatic rings. The van der Waals surface area contributed by atoms with E-state index in [2.05, 4.69) is 6.07 Å². The summed E-state index contributed by atoms with van der Waals surface area (Å²) < 4.78 is 38.5. The van der Waals surface area contributed by atoms with Gasteiger partial charge >= 0.3 is 11.9 Å². The minimum absolute atomic E-state index is 0.00163. The number of aromatic hydroxyl groups is 2. The Balaban J connectivity index is 0.000000172. The average Bonchev–Trinajstić information content (AvgIpc) is 3.39. The number of benzene rings is 4. The third-order valence-corrected chi connectivity index (χ3v) is 9.39. The number of fused-ring (bicyclic) bond motifs is 7. The number of phenols is 2. The summed E-state index contributed by atoms with van der Waals surface area (Å²) in [5.41, 5.74) is 2.52. The molecule has 2 unspecified atom stereocenters. The van der Waals surface area contributed by atoms with Crippen LogP contribution in [0, 0.1) is 20.8 Å². The minimum atomic E-state index is -0.835. The monoisotopic (exact) mass is 696 g/mol. The maximum Gasteiger partial charge on any atom is 0.347 e. The summed E-state index contributed by atoms with van der Waals surface area (Å²) in [5, 5.41) is 20.1. The van der Waals surface area contributed by atoms with Crippen LogP contribution in [0.15, 0.2) is 36.4 Å². The van der Waals surface area contributed by atoms with Gasteiger partial charge in [-0.2, -0.15) is 0 Å². The second-order valence-corrected chi connectivity index (χ2v) is 11.9. The zero-order valence-corrected chi connectivity index (χ0v) is 28.2. The molecule has 0 spiro atoms. The molecular weight excluding hydrogens is 667 g/mol. The number of hydrogen-bond acceptors (Lipinski definition) is 11. The van der Waals surface area contributed by atoms with E-state index >= 15 is 0 Å². The zero-order chi connectivity index (χ0) is 34.6. The highest BCUT2D eigenvalue weighted by Crippen LogP contribution is 2.54. The van der Waals surface area contributed by atoms with Gasteiger partial charge in [-0.05, 0) is 44.5 Å². The molecule has 13 heteroatoms. The Morgan fingerprint density at radius 1 is 0.792 bits per heavy atom. The number of rotatable bonds is 3. The lowest BCUT2D eigenvalue weighted by Crippen LogP contribution is -2.23. The fourth-order valence-corrected chi connectivity index (χ4v) is 6.42. The van der Waals surface area contributed by atoms with Crippen LogP contribution in [0.4, 0.5) is 0 Å². The first kappa shape index (κ1) is 32.9. The van der Waals surface area contributed by atoms with Crippen LogP contribution in [0.1, 0.15) is 60.6 Å². The number of ether oxygens (including phenoxy) is 7. The highest BCUT2D eigenvalue weighted by atomic mass is 35.5. The van der Waals surface area contributed by atoms with Gasteiger partial charge in [0.15, 0.2) is 23.0 Å². The van der Waals surface area contributed by atoms with E-state index in [0.717, 1.165) is 28.6 Å². The molecule has 3 aliphatic rings. The fourth-order valence-electron chi connectivity index (χ4n) is 5.95. The number of halogens is 2. The standard InChI is InChI=1S/C18H14Cl2O7.C17H16O4/c1-5-9-16(11(20)13(22)10(5)19)26-14-6(2)8(17(23)25-4)12(21)7(3)15(14)27-18(9)24;1-18-10-4-6-13-15(7-10)20-9-14-12-5-3-11(19-2)8-16(12)21-17(13)14/h21-22H,1-4H3;3-8,14,17H,9H2,1-2H3. The van der Waals surface area contributed by atoms with Crippen LogP contribution in [0.5, 0.6) is 51.7 Å². The molecule has 0 saturated carbocycles. The molecule has 2 N–H and O–H groups in total. The summed E-state index contributed by atoms with van der Waals surface area (Å²) in [7, 11) is 4.48. The molecule has 250 valence electrons. The number of esters is 2. The Hall–Kier alpha value is -5.00. The van der Waals surface area contributed by atoms with Gasteiger partial charge in [0.2, 0.25) is 0 Å². The number of hydrogen-bond donors (Lipinski definition) is 2. The summed E-state index contributed by atoms with van der Waals surface area (Å²) in [6.07, 6.45) is 0.00163. The molecule has 0 amide bonds. The molecule has 0 fully saturated rings. The maximum atomic E-state index is 12.7. The second-order valence-electron chi connectivity index (χ2n) is 11.2. The van der Waals surface area contributed by atoms with E-state index in [1.165, 1.54) is 33.4 Å². The maximum absolute atomic E-state index is 12.7. The Bertz CT molecular complexity index is 2010. The molecule has 3 heterocycles. The highest BCUT2D eigenvalue weighted by Gasteiger charge is 2.41. The Morgan fingerprint density at radius 2 is 1.42 bits per heavy atom. The summed E-state index contributed by atoms with van der Waals surface area (Å²) in [6.45, 7) is 5.05. The van der Waals surface area contributed by atoms with Crippen molar-refractivity contribution in [2.24, 2.45) is 0 Å². The van der Waals surface area contributed by atoms with E-state index in [1.807, 2.05) is 30.3 Å². The molecular formula is C35H30Cl2O11. The van der Waals surface area contributed by atoms with Gasteiger partial charge in [0, 0.05) is 34.4 Å². The number of carbonyl (C=O) groups excluding carboxylic acids is 2. The lowest BCUT2D eigenvalue weighted by Gasteiger charge is -2.28. The van der Waals surface area contributed by atoms with E-state index in [9.17, 15) is 19.8 Å². The predicted molar refractivity (Wildman–Crippen MR) is 174 cm³/mol. The SMILES string of the molecule is COC(=O)c1c(C)c2c(c(C)c1O)OC(=O)c1c(C)c(Cl)c(O)c(Cl)c1O2.COc1ccc2c(c1)OC1c3ccc(OC)cc3OCC21. The van der Waals surface area contributed by atoms with Crippen molar-refractivity contribution in [3.8, 4) is 51.7 Å². The molecule has 0 aliphatic carbocycles. The quantitative estimate of drug-likeness (QED) is 0.160. The van der Waals surface area contributed by atoms with Gasteiger partial charge in [0.1, 0.15) is 51.0 Å². The topological polar surface area (TPSA) is 139 Å². The predicted octanol–water partition coefficient (Wildman–Crippen LogP) is 7.75. The van der Waals surface area contributed by atoms with Crippen LogP contribution in [-0.4, -0.2) is 50.1 Å².